The van der Waals surface area contributed by atoms with Crippen LogP contribution in [0, 0.1) is 11.3 Å². The molecule has 0 aliphatic carbocycles. The third-order valence-electron chi connectivity index (χ3n) is 1.95. The van der Waals surface area contributed by atoms with Crippen LogP contribution < -0.4 is 10.6 Å². The molecule has 0 bridgehead atoms. The van der Waals surface area contributed by atoms with E-state index in [2.05, 4.69) is 15.6 Å². The smallest absolute Gasteiger partial charge is 0.263 e. The van der Waals surface area contributed by atoms with Crippen LogP contribution in [0.1, 0.15) is 6.42 Å². The van der Waals surface area contributed by atoms with Gasteiger partial charge in [0.15, 0.2) is 5.13 Å². The molecule has 6 nitrogen and oxygen atoms in total. The Morgan fingerprint density at radius 2 is 2.56 bits per heavy atom. The number of thiazole rings is 1. The molecule has 0 atom stereocenters. The highest BCUT2D eigenvalue weighted by molar-refractivity contribution is 7.13. The van der Waals surface area contributed by atoms with Gasteiger partial charge in [-0.25, -0.2) is 4.98 Å². The van der Waals surface area contributed by atoms with E-state index >= 15 is 0 Å². The van der Waals surface area contributed by atoms with Gasteiger partial charge in [0.05, 0.1) is 0 Å². The van der Waals surface area contributed by atoms with Gasteiger partial charge in [-0.1, -0.05) is 0 Å². The van der Waals surface area contributed by atoms with E-state index in [0.717, 1.165) is 0 Å². The van der Waals surface area contributed by atoms with Crippen LogP contribution in [0.25, 0.3) is 0 Å². The summed E-state index contributed by atoms with van der Waals surface area (Å²) in [6, 6.07) is 1.84. The van der Waals surface area contributed by atoms with E-state index in [-0.39, 0.29) is 5.57 Å². The van der Waals surface area contributed by atoms with Gasteiger partial charge in [-0.15, -0.1) is 11.3 Å². The fraction of sp³-hybridized carbons (Fsp3) is 0.364. The number of nitrogens with zero attached hydrogens (tertiary/aromatic N) is 2. The van der Waals surface area contributed by atoms with Crippen molar-refractivity contribution in [3.05, 3.63) is 23.3 Å². The van der Waals surface area contributed by atoms with E-state index in [4.69, 9.17) is 10.00 Å². The fourth-order valence-corrected chi connectivity index (χ4v) is 1.59. The molecule has 0 aliphatic heterocycles. The molecule has 0 saturated heterocycles. The maximum atomic E-state index is 11.6. The van der Waals surface area contributed by atoms with E-state index in [1.165, 1.54) is 17.5 Å². The van der Waals surface area contributed by atoms with Gasteiger partial charge in [0, 0.05) is 38.0 Å². The van der Waals surface area contributed by atoms with Crippen LogP contribution in [0.5, 0.6) is 0 Å². The Morgan fingerprint density at radius 3 is 3.17 bits per heavy atom. The van der Waals surface area contributed by atoms with Crippen LogP contribution in [-0.4, -0.2) is 31.2 Å². The fourth-order valence-electron chi connectivity index (χ4n) is 1.09. The standard InChI is InChI=1S/C11H14N4O2S/c1-17-5-2-3-13-10(16)9(7-12)8-15-11-14-4-6-18-11/h4,6,8H,2-3,5H2,1H3,(H,13,16)(H,14,15)/b9-8-. The van der Waals surface area contributed by atoms with Crippen LogP contribution in [-0.2, 0) is 9.53 Å². The second kappa shape index (κ2) is 8.22. The molecule has 0 fully saturated rings. The van der Waals surface area contributed by atoms with Gasteiger partial charge >= 0.3 is 0 Å². The number of rotatable bonds is 7. The lowest BCUT2D eigenvalue weighted by Crippen LogP contribution is -2.26. The molecular weight excluding hydrogens is 252 g/mol. The van der Waals surface area contributed by atoms with E-state index in [1.807, 2.05) is 6.07 Å². The number of amides is 1. The largest absolute Gasteiger partial charge is 0.385 e. The van der Waals surface area contributed by atoms with Gasteiger partial charge in [-0.2, -0.15) is 5.26 Å². The number of carbonyl (C=O) groups excluding carboxylic acids is 1. The lowest BCUT2D eigenvalue weighted by atomic mass is 10.3. The summed E-state index contributed by atoms with van der Waals surface area (Å²) in [7, 11) is 1.60. The lowest BCUT2D eigenvalue weighted by molar-refractivity contribution is -0.117. The zero-order chi connectivity index (χ0) is 13.2. The van der Waals surface area contributed by atoms with Crippen molar-refractivity contribution in [1.82, 2.24) is 10.3 Å². The minimum atomic E-state index is -0.405. The molecule has 7 heteroatoms. The van der Waals surface area contributed by atoms with E-state index in [9.17, 15) is 4.79 Å². The number of hydrogen-bond donors (Lipinski definition) is 2. The predicted molar refractivity (Wildman–Crippen MR) is 68.9 cm³/mol. The Labute approximate surface area is 109 Å². The Hall–Kier alpha value is -1.91. The van der Waals surface area contributed by atoms with Gasteiger partial charge in [-0.05, 0) is 6.42 Å². The van der Waals surface area contributed by atoms with Gasteiger partial charge in [0.2, 0.25) is 0 Å². The third-order valence-corrected chi connectivity index (χ3v) is 2.65. The van der Waals surface area contributed by atoms with Crippen LogP contribution in [0.2, 0.25) is 0 Å². The Morgan fingerprint density at radius 1 is 1.72 bits per heavy atom. The first-order chi connectivity index (χ1) is 8.77. The number of carbonyl (C=O) groups is 1. The van der Waals surface area contributed by atoms with Crippen molar-refractivity contribution in [3.8, 4) is 6.07 Å². The summed E-state index contributed by atoms with van der Waals surface area (Å²) in [5, 5.41) is 16.7. The molecule has 2 N–H and O–H groups in total. The summed E-state index contributed by atoms with van der Waals surface area (Å²) >= 11 is 1.39. The van der Waals surface area contributed by atoms with Crippen molar-refractivity contribution in [2.75, 3.05) is 25.6 Å². The highest BCUT2D eigenvalue weighted by Gasteiger charge is 2.07. The molecule has 0 radical (unpaired) electrons. The van der Waals surface area contributed by atoms with Crippen LogP contribution in [0.4, 0.5) is 5.13 Å². The minimum Gasteiger partial charge on any atom is -0.385 e. The monoisotopic (exact) mass is 266 g/mol. The first-order valence-electron chi connectivity index (χ1n) is 5.31. The molecule has 1 amide bonds. The second-order valence-electron chi connectivity index (χ2n) is 3.25. The van der Waals surface area contributed by atoms with Crippen molar-refractivity contribution in [3.63, 3.8) is 0 Å². The first-order valence-corrected chi connectivity index (χ1v) is 6.19. The highest BCUT2D eigenvalue weighted by Crippen LogP contribution is 2.10. The third kappa shape index (κ3) is 4.95. The van der Waals surface area contributed by atoms with Crippen molar-refractivity contribution >= 4 is 22.4 Å². The lowest BCUT2D eigenvalue weighted by Gasteiger charge is -2.03. The zero-order valence-corrected chi connectivity index (χ0v) is 10.8. The van der Waals surface area contributed by atoms with Crippen molar-refractivity contribution < 1.29 is 9.53 Å². The number of ether oxygens (including phenoxy) is 1. The van der Waals surface area contributed by atoms with E-state index in [1.54, 1.807) is 18.7 Å². The Kier molecular flexibility index (Phi) is 6.46. The number of hydrogen-bond acceptors (Lipinski definition) is 6. The first kappa shape index (κ1) is 14.2. The topological polar surface area (TPSA) is 87.0 Å². The zero-order valence-electron chi connectivity index (χ0n) is 9.97. The SMILES string of the molecule is COCCCNC(=O)/C(C#N)=C\Nc1nccs1. The normalized spacial score (nSPS) is 10.8. The van der Waals surface area contributed by atoms with Gasteiger partial charge in [-0.3, -0.25) is 4.79 Å². The summed E-state index contributed by atoms with van der Waals surface area (Å²) in [4.78, 5) is 15.6. The molecule has 0 spiro atoms. The summed E-state index contributed by atoms with van der Waals surface area (Å²) in [5.74, 6) is -0.405. The Bertz CT molecular complexity index is 436. The molecular formula is C11H14N4O2S. The predicted octanol–water partition coefficient (Wildman–Crippen LogP) is 1.12. The van der Waals surface area contributed by atoms with Gasteiger partial charge in [0.1, 0.15) is 11.6 Å². The Balaban J connectivity index is 2.42. The summed E-state index contributed by atoms with van der Waals surface area (Å²) in [6.45, 7) is 1.05. The number of anilines is 1. The quantitative estimate of drug-likeness (QED) is 0.438. The molecule has 1 aromatic rings. The van der Waals surface area contributed by atoms with Crippen LogP contribution >= 0.6 is 11.3 Å². The average Bonchev–Trinajstić information content (AvgIpc) is 2.88. The minimum absolute atomic E-state index is 0.0163. The highest BCUT2D eigenvalue weighted by atomic mass is 32.1. The number of methoxy groups -OCH3 is 1. The van der Waals surface area contributed by atoms with Crippen molar-refractivity contribution in [2.45, 2.75) is 6.42 Å². The summed E-state index contributed by atoms with van der Waals surface area (Å²) < 4.78 is 4.86. The summed E-state index contributed by atoms with van der Waals surface area (Å²) in [6.07, 6.45) is 3.70. The molecule has 18 heavy (non-hydrogen) atoms. The molecule has 96 valence electrons. The molecule has 0 aromatic carbocycles. The van der Waals surface area contributed by atoms with Gasteiger partial charge in [0.25, 0.3) is 5.91 Å². The second-order valence-corrected chi connectivity index (χ2v) is 4.15. The number of nitrogens with one attached hydrogen (secondary N) is 2. The van der Waals surface area contributed by atoms with Crippen LogP contribution in [0.3, 0.4) is 0 Å². The van der Waals surface area contributed by atoms with Crippen LogP contribution in [0.15, 0.2) is 23.3 Å². The van der Waals surface area contributed by atoms with Crippen molar-refractivity contribution in [1.29, 1.82) is 5.26 Å². The number of aromatic nitrogens is 1. The number of nitriles is 1. The molecule has 0 saturated carbocycles. The maximum Gasteiger partial charge on any atom is 0.263 e. The molecule has 1 heterocycles. The van der Waals surface area contributed by atoms with E-state index in [0.29, 0.717) is 24.7 Å². The molecule has 0 unspecified atom stereocenters. The molecule has 1 aromatic heterocycles. The molecule has 0 aliphatic rings. The average molecular weight is 266 g/mol. The van der Waals surface area contributed by atoms with Gasteiger partial charge < -0.3 is 15.4 Å². The van der Waals surface area contributed by atoms with E-state index < -0.39 is 5.91 Å². The summed E-state index contributed by atoms with van der Waals surface area (Å²) in [5.41, 5.74) is 0.0163. The molecule has 1 rings (SSSR count). The maximum absolute atomic E-state index is 11.6. The van der Waals surface area contributed by atoms with Crippen molar-refractivity contribution in [2.24, 2.45) is 0 Å².